The SMILES string of the molecule is CC1=C2C(C)[C@@H](O)CC[C@]2(C)[C@H]2CC[C@]3(C)C(=O)CC[C@H]3[C@@H]2C1. The third-order valence-electron chi connectivity index (χ3n) is 8.57. The van der Waals surface area contributed by atoms with Gasteiger partial charge in [-0.05, 0) is 68.6 Å². The van der Waals surface area contributed by atoms with E-state index < -0.39 is 0 Å². The van der Waals surface area contributed by atoms with Crippen LogP contribution in [0.3, 0.4) is 0 Å². The van der Waals surface area contributed by atoms with Gasteiger partial charge in [0.1, 0.15) is 5.78 Å². The van der Waals surface area contributed by atoms with Crippen molar-refractivity contribution in [2.24, 2.45) is 34.5 Å². The minimum Gasteiger partial charge on any atom is -0.393 e. The lowest BCUT2D eigenvalue weighted by atomic mass is 9.46. The number of hydrogen-bond acceptors (Lipinski definition) is 2. The van der Waals surface area contributed by atoms with Crippen LogP contribution in [0, 0.1) is 34.5 Å². The fraction of sp³-hybridized carbons (Fsp3) is 0.857. The molecule has 0 aromatic heterocycles. The molecule has 3 fully saturated rings. The Bertz CT molecular complexity index is 576. The third kappa shape index (κ3) is 1.94. The van der Waals surface area contributed by atoms with E-state index in [0.717, 1.165) is 38.0 Å². The largest absolute Gasteiger partial charge is 0.393 e. The predicted octanol–water partition coefficient (Wildman–Crippen LogP) is 4.52. The number of Topliss-reactive ketones (excluding diaryl/α,β-unsaturated/α-hetero) is 1. The lowest BCUT2D eigenvalue weighted by Gasteiger charge is -2.59. The number of carbonyl (C=O) groups excluding carboxylic acids is 1. The van der Waals surface area contributed by atoms with Crippen LogP contribution in [0.1, 0.15) is 72.6 Å². The van der Waals surface area contributed by atoms with Crippen LogP contribution < -0.4 is 0 Å². The van der Waals surface area contributed by atoms with E-state index in [9.17, 15) is 9.90 Å². The van der Waals surface area contributed by atoms with Gasteiger partial charge >= 0.3 is 0 Å². The molecule has 0 saturated heterocycles. The normalized spacial score (nSPS) is 52.9. The summed E-state index contributed by atoms with van der Waals surface area (Å²) in [7, 11) is 0. The van der Waals surface area contributed by atoms with Gasteiger partial charge < -0.3 is 5.11 Å². The number of ketones is 1. The van der Waals surface area contributed by atoms with E-state index >= 15 is 0 Å². The molecule has 128 valence electrons. The molecule has 3 saturated carbocycles. The summed E-state index contributed by atoms with van der Waals surface area (Å²) in [5, 5.41) is 10.4. The second-order valence-electron chi connectivity index (χ2n) is 9.51. The van der Waals surface area contributed by atoms with Crippen LogP contribution in [0.25, 0.3) is 0 Å². The molecule has 4 rings (SSSR count). The van der Waals surface area contributed by atoms with E-state index in [0.29, 0.717) is 23.5 Å². The highest BCUT2D eigenvalue weighted by atomic mass is 16.3. The lowest BCUT2D eigenvalue weighted by molar-refractivity contribution is -0.132. The zero-order chi connectivity index (χ0) is 16.6. The number of carbonyl (C=O) groups is 1. The fourth-order valence-electron chi connectivity index (χ4n) is 7.40. The minimum absolute atomic E-state index is 0.0326. The van der Waals surface area contributed by atoms with E-state index in [1.54, 1.807) is 5.57 Å². The van der Waals surface area contributed by atoms with Crippen molar-refractivity contribution in [1.82, 2.24) is 0 Å². The molecule has 1 N–H and O–H groups in total. The van der Waals surface area contributed by atoms with Crippen molar-refractivity contribution in [3.63, 3.8) is 0 Å². The summed E-state index contributed by atoms with van der Waals surface area (Å²) in [6, 6.07) is 0. The molecule has 0 radical (unpaired) electrons. The zero-order valence-corrected chi connectivity index (χ0v) is 15.2. The lowest BCUT2D eigenvalue weighted by Crippen LogP contribution is -2.52. The van der Waals surface area contributed by atoms with Gasteiger partial charge in [-0.2, -0.15) is 0 Å². The number of rotatable bonds is 0. The maximum atomic E-state index is 12.5. The molecule has 0 heterocycles. The van der Waals surface area contributed by atoms with Gasteiger partial charge in [-0.15, -0.1) is 0 Å². The second kappa shape index (κ2) is 4.94. The average molecular weight is 316 g/mol. The van der Waals surface area contributed by atoms with E-state index in [2.05, 4.69) is 27.7 Å². The summed E-state index contributed by atoms with van der Waals surface area (Å²) in [4.78, 5) is 12.5. The topological polar surface area (TPSA) is 37.3 Å². The first-order valence-corrected chi connectivity index (χ1v) is 9.70. The first-order chi connectivity index (χ1) is 10.8. The molecule has 2 heteroatoms. The Morgan fingerprint density at radius 1 is 1.04 bits per heavy atom. The maximum Gasteiger partial charge on any atom is 0.139 e. The maximum absolute atomic E-state index is 12.5. The molecular formula is C21H32O2. The summed E-state index contributed by atoms with van der Waals surface area (Å²) in [6.45, 7) is 9.27. The third-order valence-corrected chi connectivity index (χ3v) is 8.57. The monoisotopic (exact) mass is 316 g/mol. The predicted molar refractivity (Wildman–Crippen MR) is 91.9 cm³/mol. The van der Waals surface area contributed by atoms with Gasteiger partial charge in [0.25, 0.3) is 0 Å². The number of aliphatic hydroxyl groups excluding tert-OH is 1. The Balaban J connectivity index is 1.77. The van der Waals surface area contributed by atoms with Gasteiger partial charge in [-0.3, -0.25) is 4.79 Å². The summed E-state index contributed by atoms with van der Waals surface area (Å²) in [5.74, 6) is 2.86. The molecule has 23 heavy (non-hydrogen) atoms. The molecule has 1 unspecified atom stereocenters. The van der Waals surface area contributed by atoms with Gasteiger partial charge in [0.15, 0.2) is 0 Å². The summed E-state index contributed by atoms with van der Waals surface area (Å²) < 4.78 is 0. The number of allylic oxidation sites excluding steroid dienone is 1. The molecule has 2 nitrogen and oxygen atoms in total. The molecule has 4 aliphatic rings. The van der Waals surface area contributed by atoms with Gasteiger partial charge in [-0.25, -0.2) is 0 Å². The van der Waals surface area contributed by atoms with Crippen molar-refractivity contribution < 1.29 is 9.90 Å². The van der Waals surface area contributed by atoms with E-state index in [1.165, 1.54) is 18.4 Å². The van der Waals surface area contributed by atoms with Gasteiger partial charge in [0.05, 0.1) is 6.10 Å². The highest BCUT2D eigenvalue weighted by molar-refractivity contribution is 5.87. The van der Waals surface area contributed by atoms with Crippen LogP contribution in [0.4, 0.5) is 0 Å². The Morgan fingerprint density at radius 3 is 2.43 bits per heavy atom. The highest BCUT2D eigenvalue weighted by Gasteiger charge is 2.59. The molecule has 0 aliphatic heterocycles. The van der Waals surface area contributed by atoms with Gasteiger partial charge in [0.2, 0.25) is 0 Å². The summed E-state index contributed by atoms with van der Waals surface area (Å²) >= 11 is 0. The Hall–Kier alpha value is -0.630. The first-order valence-electron chi connectivity index (χ1n) is 9.70. The molecule has 0 aromatic carbocycles. The molecule has 4 aliphatic carbocycles. The highest BCUT2D eigenvalue weighted by Crippen LogP contribution is 2.65. The van der Waals surface area contributed by atoms with E-state index in [4.69, 9.17) is 0 Å². The Labute approximate surface area is 140 Å². The zero-order valence-electron chi connectivity index (χ0n) is 15.2. The van der Waals surface area contributed by atoms with E-state index in [1.807, 2.05) is 0 Å². The molecule has 0 aromatic rings. The van der Waals surface area contributed by atoms with Crippen LogP contribution in [-0.2, 0) is 4.79 Å². The first kappa shape index (κ1) is 15.9. The molecule has 0 spiro atoms. The van der Waals surface area contributed by atoms with Crippen LogP contribution >= 0.6 is 0 Å². The number of fused-ring (bicyclic) bond motifs is 5. The summed E-state index contributed by atoms with van der Waals surface area (Å²) in [5.41, 5.74) is 3.34. The van der Waals surface area contributed by atoms with Crippen LogP contribution in [-0.4, -0.2) is 17.0 Å². The van der Waals surface area contributed by atoms with Crippen LogP contribution in [0.15, 0.2) is 11.1 Å². The molecule has 0 amide bonds. The minimum atomic E-state index is -0.161. The average Bonchev–Trinajstić information content (AvgIpc) is 2.79. The van der Waals surface area contributed by atoms with Crippen LogP contribution in [0.5, 0.6) is 0 Å². The van der Waals surface area contributed by atoms with Crippen LogP contribution in [0.2, 0.25) is 0 Å². The van der Waals surface area contributed by atoms with Gasteiger partial charge in [-0.1, -0.05) is 31.9 Å². The van der Waals surface area contributed by atoms with Crippen molar-refractivity contribution in [3.8, 4) is 0 Å². The summed E-state index contributed by atoms with van der Waals surface area (Å²) in [6.07, 6.45) is 7.31. The Kier molecular flexibility index (Phi) is 3.41. The fourth-order valence-corrected chi connectivity index (χ4v) is 7.40. The standard InChI is InChI=1S/C21H32O2/c1-12-11-14-15-5-6-18(23)20(15,3)9-7-16(14)21(4)10-8-17(22)13(2)19(12)21/h13-17,22H,5-11H2,1-4H3/t13?,14-,15-,16-,17-,20-,21+/m0/s1. The second-order valence-corrected chi connectivity index (χ2v) is 9.51. The molecule has 7 atom stereocenters. The number of hydrogen-bond donors (Lipinski definition) is 1. The van der Waals surface area contributed by atoms with Crippen molar-refractivity contribution in [2.75, 3.05) is 0 Å². The van der Waals surface area contributed by atoms with Crippen molar-refractivity contribution >= 4 is 5.78 Å². The molecule has 0 bridgehead atoms. The van der Waals surface area contributed by atoms with Crippen molar-refractivity contribution in [2.45, 2.75) is 78.7 Å². The Morgan fingerprint density at radius 2 is 1.70 bits per heavy atom. The quantitative estimate of drug-likeness (QED) is 0.667. The van der Waals surface area contributed by atoms with E-state index in [-0.39, 0.29) is 16.9 Å². The molecular weight excluding hydrogens is 284 g/mol. The van der Waals surface area contributed by atoms with Crippen molar-refractivity contribution in [3.05, 3.63) is 11.1 Å². The van der Waals surface area contributed by atoms with Gasteiger partial charge in [0, 0.05) is 17.8 Å². The van der Waals surface area contributed by atoms with Crippen molar-refractivity contribution in [1.29, 1.82) is 0 Å². The number of aliphatic hydroxyl groups is 1. The smallest absolute Gasteiger partial charge is 0.139 e.